The molecule has 36 heavy (non-hydrogen) atoms. The van der Waals surface area contributed by atoms with Crippen LogP contribution in [0.1, 0.15) is 57.1 Å². The minimum atomic E-state index is -0.319. The monoisotopic (exact) mass is 520 g/mol. The van der Waals surface area contributed by atoms with E-state index in [-0.39, 0.29) is 17.9 Å². The predicted molar refractivity (Wildman–Crippen MR) is 150 cm³/mol. The summed E-state index contributed by atoms with van der Waals surface area (Å²) in [6.45, 7) is 9.68. The van der Waals surface area contributed by atoms with Crippen molar-refractivity contribution in [1.82, 2.24) is 10.3 Å². The molecule has 4 N–H and O–H groups in total. The maximum absolute atomic E-state index is 13.7. The Hall–Kier alpha value is -3.42. The number of carbonyl (C=O) groups is 2. The van der Waals surface area contributed by atoms with Crippen molar-refractivity contribution in [3.8, 4) is 11.1 Å². The van der Waals surface area contributed by atoms with Gasteiger partial charge in [-0.25, -0.2) is 4.98 Å². The van der Waals surface area contributed by atoms with Gasteiger partial charge in [-0.1, -0.05) is 54.4 Å². The summed E-state index contributed by atoms with van der Waals surface area (Å²) in [4.78, 5) is 32.4. The van der Waals surface area contributed by atoms with Gasteiger partial charge in [0, 0.05) is 33.3 Å². The Balaban J connectivity index is 1.95. The highest BCUT2D eigenvalue weighted by Crippen LogP contribution is 2.44. The number of nitrogens with two attached hydrogens (primary N) is 1. The number of hydrogen-bond donors (Lipinski definition) is 3. The minimum Gasteiger partial charge on any atom is -0.397 e. The van der Waals surface area contributed by atoms with E-state index < -0.39 is 0 Å². The fraction of sp³-hybridized carbons (Fsp3) is 0.250. The molecular weight excluding hydrogens is 492 g/mol. The fourth-order valence-corrected chi connectivity index (χ4v) is 5.46. The molecule has 0 bridgehead atoms. The molecule has 0 spiro atoms. The SMILES string of the molecule is CC[C@@H](C)NC(=O)c1sc2nc(C)c(C(=O)Nc3ccc(C)cc3C)c(-c3ccccc3Cl)c2c1N. The molecule has 186 valence electrons. The van der Waals surface area contributed by atoms with Gasteiger partial charge in [0.15, 0.2) is 0 Å². The molecule has 0 saturated carbocycles. The summed E-state index contributed by atoms with van der Waals surface area (Å²) in [7, 11) is 0. The highest BCUT2D eigenvalue weighted by atomic mass is 35.5. The lowest BCUT2D eigenvalue weighted by Gasteiger charge is -2.17. The summed E-state index contributed by atoms with van der Waals surface area (Å²) in [6, 6.07) is 13.1. The second kappa shape index (κ2) is 10.3. The van der Waals surface area contributed by atoms with Crippen molar-refractivity contribution in [3.63, 3.8) is 0 Å². The average molecular weight is 521 g/mol. The first kappa shape index (κ1) is 25.7. The molecule has 0 aliphatic carbocycles. The van der Waals surface area contributed by atoms with Crippen LogP contribution in [0, 0.1) is 20.8 Å². The zero-order valence-electron chi connectivity index (χ0n) is 21.0. The Morgan fingerprint density at radius 1 is 1.11 bits per heavy atom. The summed E-state index contributed by atoms with van der Waals surface area (Å²) in [6.07, 6.45) is 0.793. The van der Waals surface area contributed by atoms with E-state index in [0.717, 1.165) is 17.5 Å². The molecule has 2 amide bonds. The summed E-state index contributed by atoms with van der Waals surface area (Å²) in [5, 5.41) is 7.03. The number of pyridine rings is 1. The van der Waals surface area contributed by atoms with Gasteiger partial charge in [0.05, 0.1) is 16.9 Å². The van der Waals surface area contributed by atoms with Gasteiger partial charge in [-0.15, -0.1) is 11.3 Å². The van der Waals surface area contributed by atoms with Gasteiger partial charge in [-0.05, 0) is 51.8 Å². The van der Waals surface area contributed by atoms with Crippen LogP contribution in [-0.4, -0.2) is 22.8 Å². The van der Waals surface area contributed by atoms with E-state index in [1.54, 1.807) is 13.0 Å². The Labute approximate surface area is 219 Å². The van der Waals surface area contributed by atoms with Gasteiger partial charge >= 0.3 is 0 Å². The molecule has 0 aliphatic rings. The van der Waals surface area contributed by atoms with Crippen LogP contribution in [0.4, 0.5) is 11.4 Å². The van der Waals surface area contributed by atoms with Crippen molar-refractivity contribution < 1.29 is 9.59 Å². The molecule has 0 saturated heterocycles. The second-order valence-electron chi connectivity index (χ2n) is 9.01. The first-order valence-corrected chi connectivity index (χ1v) is 13.0. The van der Waals surface area contributed by atoms with Crippen LogP contribution in [0.2, 0.25) is 5.02 Å². The van der Waals surface area contributed by atoms with Crippen molar-refractivity contribution in [2.75, 3.05) is 11.1 Å². The number of anilines is 2. The van der Waals surface area contributed by atoms with E-state index in [2.05, 4.69) is 10.6 Å². The number of aromatic nitrogens is 1. The van der Waals surface area contributed by atoms with Crippen LogP contribution in [0.5, 0.6) is 0 Å². The van der Waals surface area contributed by atoms with E-state index >= 15 is 0 Å². The van der Waals surface area contributed by atoms with Crippen LogP contribution in [0.25, 0.3) is 21.3 Å². The van der Waals surface area contributed by atoms with Crippen molar-refractivity contribution in [2.45, 2.75) is 47.1 Å². The average Bonchev–Trinajstić information content (AvgIpc) is 3.16. The molecule has 0 radical (unpaired) electrons. The first-order valence-electron chi connectivity index (χ1n) is 11.8. The molecule has 2 heterocycles. The second-order valence-corrected chi connectivity index (χ2v) is 10.4. The Kier molecular flexibility index (Phi) is 7.33. The predicted octanol–water partition coefficient (Wildman–Crippen LogP) is 6.90. The Bertz CT molecular complexity index is 1490. The van der Waals surface area contributed by atoms with Crippen molar-refractivity contribution in [1.29, 1.82) is 0 Å². The number of rotatable bonds is 6. The van der Waals surface area contributed by atoms with Crippen LogP contribution in [-0.2, 0) is 0 Å². The molecule has 8 heteroatoms. The smallest absolute Gasteiger partial charge is 0.263 e. The highest BCUT2D eigenvalue weighted by Gasteiger charge is 2.28. The molecule has 2 aromatic carbocycles. The lowest BCUT2D eigenvalue weighted by Crippen LogP contribution is -2.31. The fourth-order valence-electron chi connectivity index (χ4n) is 4.18. The Morgan fingerprint density at radius 2 is 1.83 bits per heavy atom. The number of fused-ring (bicyclic) bond motifs is 1. The van der Waals surface area contributed by atoms with Crippen molar-refractivity contribution in [2.24, 2.45) is 0 Å². The van der Waals surface area contributed by atoms with Gasteiger partial charge < -0.3 is 16.4 Å². The molecule has 1 atom stereocenters. The number of amides is 2. The van der Waals surface area contributed by atoms with Crippen LogP contribution < -0.4 is 16.4 Å². The third kappa shape index (κ3) is 4.81. The lowest BCUT2D eigenvalue weighted by atomic mass is 9.94. The van der Waals surface area contributed by atoms with Crippen LogP contribution in [0.15, 0.2) is 42.5 Å². The summed E-state index contributed by atoms with van der Waals surface area (Å²) in [5.41, 5.74) is 11.8. The highest BCUT2D eigenvalue weighted by molar-refractivity contribution is 7.21. The van der Waals surface area contributed by atoms with Crippen LogP contribution in [0.3, 0.4) is 0 Å². The summed E-state index contributed by atoms with van der Waals surface area (Å²) < 4.78 is 0. The molecule has 6 nitrogen and oxygen atoms in total. The normalized spacial score (nSPS) is 11.9. The van der Waals surface area contributed by atoms with Crippen molar-refractivity contribution >= 4 is 56.3 Å². The van der Waals surface area contributed by atoms with Crippen molar-refractivity contribution in [3.05, 3.63) is 74.7 Å². The van der Waals surface area contributed by atoms with E-state index in [1.807, 2.05) is 64.1 Å². The van der Waals surface area contributed by atoms with Gasteiger partial charge in [-0.2, -0.15) is 0 Å². The van der Waals surface area contributed by atoms with Gasteiger partial charge in [0.1, 0.15) is 9.71 Å². The molecule has 2 aromatic heterocycles. The van der Waals surface area contributed by atoms with E-state index in [0.29, 0.717) is 53.9 Å². The summed E-state index contributed by atoms with van der Waals surface area (Å²) in [5.74, 6) is -0.575. The number of thiophene rings is 1. The molecule has 4 aromatic rings. The molecule has 0 fully saturated rings. The van der Waals surface area contributed by atoms with Gasteiger partial charge in [-0.3, -0.25) is 9.59 Å². The number of nitrogens with zero attached hydrogens (tertiary/aromatic N) is 1. The number of aryl methyl sites for hydroxylation is 3. The molecular formula is C28H29ClN4O2S. The third-order valence-corrected chi connectivity index (χ3v) is 7.68. The minimum absolute atomic E-state index is 0.000988. The van der Waals surface area contributed by atoms with Gasteiger partial charge in [0.25, 0.3) is 11.8 Å². The zero-order valence-corrected chi connectivity index (χ0v) is 22.5. The largest absolute Gasteiger partial charge is 0.397 e. The van der Waals surface area contributed by atoms with E-state index in [9.17, 15) is 9.59 Å². The summed E-state index contributed by atoms with van der Waals surface area (Å²) >= 11 is 7.85. The van der Waals surface area contributed by atoms with Crippen LogP contribution >= 0.6 is 22.9 Å². The Morgan fingerprint density at radius 3 is 2.50 bits per heavy atom. The van der Waals surface area contributed by atoms with E-state index in [1.165, 1.54) is 11.3 Å². The molecule has 4 rings (SSSR count). The molecule has 0 unspecified atom stereocenters. The number of nitrogen functional groups attached to an aromatic ring is 1. The molecule has 0 aliphatic heterocycles. The number of benzene rings is 2. The number of hydrogen-bond acceptors (Lipinski definition) is 5. The maximum Gasteiger partial charge on any atom is 0.263 e. The quantitative estimate of drug-likeness (QED) is 0.257. The topological polar surface area (TPSA) is 97.1 Å². The maximum atomic E-state index is 13.7. The third-order valence-electron chi connectivity index (χ3n) is 6.25. The standard InChI is InChI=1S/C28H29ClN4O2S/c1-6-16(4)31-27(35)25-24(30)23-22(18-9-7-8-10-19(18)29)21(17(5)32-28(23)36-25)26(34)33-20-12-11-14(2)13-15(20)3/h7-13,16H,6,30H2,1-5H3,(H,31,35)(H,33,34)/t16-/m1/s1. The lowest BCUT2D eigenvalue weighted by molar-refractivity contribution is 0.0943. The van der Waals surface area contributed by atoms with Gasteiger partial charge in [0.2, 0.25) is 0 Å². The first-order chi connectivity index (χ1) is 17.1. The van der Waals surface area contributed by atoms with E-state index in [4.69, 9.17) is 22.3 Å². The number of carbonyl (C=O) groups excluding carboxylic acids is 2. The number of halogens is 1. The zero-order chi connectivity index (χ0) is 26.1. The number of nitrogens with one attached hydrogen (secondary N) is 2.